The number of hydrogen-bond acceptors (Lipinski definition) is 5. The predicted molar refractivity (Wildman–Crippen MR) is 78.7 cm³/mol. The van der Waals surface area contributed by atoms with E-state index in [0.29, 0.717) is 36.1 Å². The number of aliphatic hydroxyl groups is 1. The Morgan fingerprint density at radius 2 is 2.15 bits per heavy atom. The van der Waals surface area contributed by atoms with E-state index in [1.807, 2.05) is 13.0 Å². The van der Waals surface area contributed by atoms with Gasteiger partial charge in [0.2, 0.25) is 0 Å². The lowest BCUT2D eigenvalue weighted by Gasteiger charge is -2.31. The summed E-state index contributed by atoms with van der Waals surface area (Å²) in [5, 5.41) is 9.99. The lowest BCUT2D eigenvalue weighted by molar-refractivity contribution is 0.0447. The van der Waals surface area contributed by atoms with Gasteiger partial charge in [0.1, 0.15) is 16.4 Å². The topological polar surface area (TPSA) is 68.0 Å². The number of fused-ring (bicyclic) bond motifs is 1. The lowest BCUT2D eigenvalue weighted by atomic mass is 9.99. The van der Waals surface area contributed by atoms with Gasteiger partial charge >= 0.3 is 0 Å². The van der Waals surface area contributed by atoms with Gasteiger partial charge in [-0.15, -0.1) is 0 Å². The number of morpholine rings is 1. The van der Waals surface area contributed by atoms with Crippen LogP contribution in [0.1, 0.15) is 12.5 Å². The maximum absolute atomic E-state index is 9.45. The fraction of sp³-hybridized carbons (Fsp3) is 0.571. The Morgan fingerprint density at radius 1 is 1.45 bits per heavy atom. The average Bonchev–Trinajstić information content (AvgIpc) is 2.78. The Kier molecular flexibility index (Phi) is 3.44. The zero-order valence-corrected chi connectivity index (χ0v) is 12.2. The van der Waals surface area contributed by atoms with Crippen LogP contribution in [0.2, 0.25) is 5.02 Å². The summed E-state index contributed by atoms with van der Waals surface area (Å²) in [6.45, 7) is 4.68. The van der Waals surface area contributed by atoms with Gasteiger partial charge in [-0.1, -0.05) is 11.6 Å². The van der Waals surface area contributed by atoms with E-state index in [0.717, 1.165) is 24.3 Å². The highest BCUT2D eigenvalue weighted by atomic mass is 35.5. The van der Waals surface area contributed by atoms with Crippen molar-refractivity contribution in [2.24, 2.45) is 0 Å². The summed E-state index contributed by atoms with van der Waals surface area (Å²) in [6, 6.07) is 1.91. The van der Waals surface area contributed by atoms with Crippen LogP contribution in [0.15, 0.2) is 6.07 Å². The molecule has 0 amide bonds. The van der Waals surface area contributed by atoms with Gasteiger partial charge in [0.15, 0.2) is 0 Å². The second kappa shape index (κ2) is 4.98. The van der Waals surface area contributed by atoms with E-state index in [9.17, 15) is 5.11 Å². The maximum atomic E-state index is 9.45. The molecule has 2 heterocycles. The minimum atomic E-state index is -0.609. The fourth-order valence-corrected chi connectivity index (χ4v) is 3.21. The van der Waals surface area contributed by atoms with Gasteiger partial charge in [-0.3, -0.25) is 0 Å². The second-order valence-corrected chi connectivity index (χ2v) is 5.98. The van der Waals surface area contributed by atoms with Crippen molar-refractivity contribution in [2.45, 2.75) is 18.9 Å². The normalized spacial score (nSPS) is 25.4. The van der Waals surface area contributed by atoms with Crippen molar-refractivity contribution in [2.75, 3.05) is 43.5 Å². The first kappa shape index (κ1) is 13.8. The summed E-state index contributed by atoms with van der Waals surface area (Å²) in [4.78, 5) is 2.12. The highest BCUT2D eigenvalue weighted by molar-refractivity contribution is 6.35. The quantitative estimate of drug-likeness (QED) is 0.809. The molecule has 110 valence electrons. The van der Waals surface area contributed by atoms with E-state index in [1.54, 1.807) is 0 Å². The number of rotatable bonds is 2. The molecule has 0 aromatic heterocycles. The molecule has 2 aliphatic heterocycles. The third-order valence-electron chi connectivity index (χ3n) is 3.88. The lowest BCUT2D eigenvalue weighted by Crippen LogP contribution is -2.37. The van der Waals surface area contributed by atoms with E-state index >= 15 is 0 Å². The molecule has 1 aromatic carbocycles. The Bertz CT molecular complexity index is 532. The molecule has 1 atom stereocenters. The molecule has 6 heteroatoms. The molecule has 0 radical (unpaired) electrons. The number of nitrogen functional groups attached to an aromatic ring is 1. The summed E-state index contributed by atoms with van der Waals surface area (Å²) < 4.78 is 11.2. The summed E-state index contributed by atoms with van der Waals surface area (Å²) in [7, 11) is 0. The van der Waals surface area contributed by atoms with Crippen molar-refractivity contribution < 1.29 is 14.6 Å². The number of hydrogen-bond donors (Lipinski definition) is 2. The predicted octanol–water partition coefficient (Wildman–Crippen LogP) is 1.44. The van der Waals surface area contributed by atoms with Crippen molar-refractivity contribution in [1.29, 1.82) is 0 Å². The molecule has 2 aliphatic rings. The van der Waals surface area contributed by atoms with Crippen molar-refractivity contribution in [3.63, 3.8) is 0 Å². The highest BCUT2D eigenvalue weighted by Crippen LogP contribution is 2.47. The van der Waals surface area contributed by atoms with Gasteiger partial charge in [0, 0.05) is 25.1 Å². The van der Waals surface area contributed by atoms with E-state index < -0.39 is 5.60 Å². The first-order valence-electron chi connectivity index (χ1n) is 6.77. The van der Waals surface area contributed by atoms with Crippen LogP contribution in [-0.4, -0.2) is 43.6 Å². The zero-order valence-electron chi connectivity index (χ0n) is 11.5. The fourth-order valence-electron chi connectivity index (χ4n) is 2.82. The SMILES string of the molecule is CC1(CO)Cc2cc(N)c(N3CCOCC3)c(Cl)c2O1. The highest BCUT2D eigenvalue weighted by Gasteiger charge is 2.37. The molecule has 3 N–H and O–H groups in total. The van der Waals surface area contributed by atoms with Crippen LogP contribution in [0.25, 0.3) is 0 Å². The van der Waals surface area contributed by atoms with Crippen molar-refractivity contribution >= 4 is 23.0 Å². The number of nitrogens with zero attached hydrogens (tertiary/aromatic N) is 1. The standard InChI is InChI=1S/C14H19ClN2O3/c1-14(8-18)7-9-6-10(16)12(11(15)13(9)20-14)17-2-4-19-5-3-17/h6,18H,2-5,7-8,16H2,1H3. The molecule has 1 saturated heterocycles. The monoisotopic (exact) mass is 298 g/mol. The number of halogens is 1. The summed E-state index contributed by atoms with van der Waals surface area (Å²) in [5.41, 5.74) is 7.99. The molecule has 0 saturated carbocycles. The van der Waals surface area contributed by atoms with E-state index in [2.05, 4.69) is 4.90 Å². The third kappa shape index (κ3) is 2.20. The molecule has 0 aliphatic carbocycles. The van der Waals surface area contributed by atoms with E-state index in [4.69, 9.17) is 26.8 Å². The first-order valence-corrected chi connectivity index (χ1v) is 7.15. The number of nitrogens with two attached hydrogens (primary N) is 1. The van der Waals surface area contributed by atoms with Crippen LogP contribution in [0.5, 0.6) is 5.75 Å². The molecule has 1 aromatic rings. The van der Waals surface area contributed by atoms with Gasteiger partial charge < -0.3 is 25.2 Å². The summed E-state index contributed by atoms with van der Waals surface area (Å²) in [5.74, 6) is 0.652. The van der Waals surface area contributed by atoms with Crippen LogP contribution in [0.4, 0.5) is 11.4 Å². The Hall–Kier alpha value is -1.17. The number of ether oxygens (including phenoxy) is 2. The number of aliphatic hydroxyl groups excluding tert-OH is 1. The minimum Gasteiger partial charge on any atom is -0.483 e. The molecular weight excluding hydrogens is 280 g/mol. The van der Waals surface area contributed by atoms with Gasteiger partial charge in [-0.05, 0) is 13.0 Å². The van der Waals surface area contributed by atoms with Crippen molar-refractivity contribution in [3.05, 3.63) is 16.7 Å². The smallest absolute Gasteiger partial charge is 0.144 e. The van der Waals surface area contributed by atoms with Crippen LogP contribution in [0, 0.1) is 0 Å². The molecule has 1 fully saturated rings. The van der Waals surface area contributed by atoms with Crippen LogP contribution in [0.3, 0.4) is 0 Å². The van der Waals surface area contributed by atoms with Crippen LogP contribution in [-0.2, 0) is 11.2 Å². The number of anilines is 2. The molecule has 3 rings (SSSR count). The Labute approximate surface area is 123 Å². The van der Waals surface area contributed by atoms with Crippen LogP contribution < -0.4 is 15.4 Å². The Balaban J connectivity index is 2.00. The van der Waals surface area contributed by atoms with Crippen molar-refractivity contribution in [1.82, 2.24) is 0 Å². The molecular formula is C14H19ClN2O3. The largest absolute Gasteiger partial charge is 0.483 e. The van der Waals surface area contributed by atoms with E-state index in [-0.39, 0.29) is 6.61 Å². The Morgan fingerprint density at radius 3 is 2.80 bits per heavy atom. The van der Waals surface area contributed by atoms with Gasteiger partial charge in [-0.2, -0.15) is 0 Å². The van der Waals surface area contributed by atoms with E-state index in [1.165, 1.54) is 0 Å². The molecule has 1 unspecified atom stereocenters. The number of benzene rings is 1. The maximum Gasteiger partial charge on any atom is 0.144 e. The third-order valence-corrected chi connectivity index (χ3v) is 4.23. The second-order valence-electron chi connectivity index (χ2n) is 5.60. The molecule has 0 spiro atoms. The van der Waals surface area contributed by atoms with Gasteiger partial charge in [-0.25, -0.2) is 0 Å². The molecule has 20 heavy (non-hydrogen) atoms. The average molecular weight is 299 g/mol. The van der Waals surface area contributed by atoms with Crippen molar-refractivity contribution in [3.8, 4) is 5.75 Å². The van der Waals surface area contributed by atoms with Crippen LogP contribution >= 0.6 is 11.6 Å². The zero-order chi connectivity index (χ0) is 14.3. The molecule has 5 nitrogen and oxygen atoms in total. The summed E-state index contributed by atoms with van der Waals surface area (Å²) >= 11 is 6.51. The van der Waals surface area contributed by atoms with Gasteiger partial charge in [0.05, 0.1) is 31.2 Å². The first-order chi connectivity index (χ1) is 9.54. The summed E-state index contributed by atoms with van der Waals surface area (Å²) in [6.07, 6.45) is 0.617. The van der Waals surface area contributed by atoms with Gasteiger partial charge in [0.25, 0.3) is 0 Å². The molecule has 0 bridgehead atoms. The minimum absolute atomic E-state index is 0.0508.